The first kappa shape index (κ1) is 12.9. The van der Waals surface area contributed by atoms with Crippen LogP contribution in [0.4, 0.5) is 8.78 Å². The van der Waals surface area contributed by atoms with Gasteiger partial charge in [0.25, 0.3) is 5.92 Å². The zero-order chi connectivity index (χ0) is 12.5. The first-order valence-corrected chi connectivity index (χ1v) is 5.63. The average Bonchev–Trinajstić information content (AvgIpc) is 2.04. The summed E-state index contributed by atoms with van der Waals surface area (Å²) in [6, 6.07) is 0. The molecule has 1 rings (SSSR count). The summed E-state index contributed by atoms with van der Waals surface area (Å²) in [6.45, 7) is 14.7. The maximum atomic E-state index is 14.5. The predicted octanol–water partition coefficient (Wildman–Crippen LogP) is 4.74. The highest BCUT2D eigenvalue weighted by atomic mass is 19.3. The molecule has 1 aliphatic rings. The van der Waals surface area contributed by atoms with Crippen molar-refractivity contribution >= 4 is 0 Å². The van der Waals surface area contributed by atoms with Crippen molar-refractivity contribution in [1.82, 2.24) is 0 Å². The SMILES string of the molecule is CC1(C)C(C)(C)C(C)(C)C(F)(F)C1(C)C. The number of alkyl halides is 2. The molecular weight excluding hydrogens is 194 g/mol. The van der Waals surface area contributed by atoms with Gasteiger partial charge in [-0.2, -0.15) is 0 Å². The van der Waals surface area contributed by atoms with E-state index in [1.54, 1.807) is 27.7 Å². The first-order chi connectivity index (χ1) is 6.25. The lowest BCUT2D eigenvalue weighted by molar-refractivity contribution is -0.167. The van der Waals surface area contributed by atoms with Crippen molar-refractivity contribution in [2.75, 3.05) is 0 Å². The van der Waals surface area contributed by atoms with Gasteiger partial charge in [-0.3, -0.25) is 0 Å². The van der Waals surface area contributed by atoms with Crippen LogP contribution in [0.1, 0.15) is 55.4 Å². The molecule has 0 nitrogen and oxygen atoms in total. The summed E-state index contributed by atoms with van der Waals surface area (Å²) in [5.41, 5.74) is -2.75. The summed E-state index contributed by atoms with van der Waals surface area (Å²) >= 11 is 0. The Hall–Kier alpha value is -0.140. The van der Waals surface area contributed by atoms with Crippen molar-refractivity contribution in [2.24, 2.45) is 21.7 Å². The van der Waals surface area contributed by atoms with Crippen LogP contribution in [0.15, 0.2) is 0 Å². The first-order valence-electron chi connectivity index (χ1n) is 5.63. The van der Waals surface area contributed by atoms with E-state index >= 15 is 0 Å². The Morgan fingerprint density at radius 3 is 0.733 bits per heavy atom. The van der Waals surface area contributed by atoms with Crippen molar-refractivity contribution in [3.05, 3.63) is 0 Å². The van der Waals surface area contributed by atoms with Crippen molar-refractivity contribution in [2.45, 2.75) is 61.3 Å². The largest absolute Gasteiger partial charge is 0.259 e. The number of hydrogen-bond acceptors (Lipinski definition) is 0. The quantitative estimate of drug-likeness (QED) is 0.551. The van der Waals surface area contributed by atoms with Gasteiger partial charge in [-0.1, -0.05) is 55.4 Å². The molecule has 0 spiro atoms. The Morgan fingerprint density at radius 2 is 0.667 bits per heavy atom. The van der Waals surface area contributed by atoms with Gasteiger partial charge < -0.3 is 0 Å². The summed E-state index contributed by atoms with van der Waals surface area (Å²) in [5, 5.41) is 0. The fourth-order valence-corrected chi connectivity index (χ4v) is 3.13. The molecule has 0 atom stereocenters. The lowest BCUT2D eigenvalue weighted by Crippen LogP contribution is -2.44. The van der Waals surface area contributed by atoms with E-state index in [1.165, 1.54) is 0 Å². The third-order valence-electron chi connectivity index (χ3n) is 6.26. The maximum Gasteiger partial charge on any atom is 0.259 e. The van der Waals surface area contributed by atoms with E-state index in [4.69, 9.17) is 0 Å². The second-order valence-corrected chi connectivity index (χ2v) is 7.07. The van der Waals surface area contributed by atoms with Gasteiger partial charge in [0.1, 0.15) is 0 Å². The molecule has 0 saturated heterocycles. The summed E-state index contributed by atoms with van der Waals surface area (Å²) in [5.74, 6) is -2.65. The van der Waals surface area contributed by atoms with Crippen LogP contribution in [0.2, 0.25) is 0 Å². The molecule has 1 saturated carbocycles. The van der Waals surface area contributed by atoms with E-state index in [2.05, 4.69) is 0 Å². The van der Waals surface area contributed by atoms with E-state index in [1.807, 2.05) is 27.7 Å². The number of hydrogen-bond donors (Lipinski definition) is 0. The van der Waals surface area contributed by atoms with E-state index < -0.39 is 27.6 Å². The zero-order valence-corrected chi connectivity index (χ0v) is 11.3. The topological polar surface area (TPSA) is 0 Å². The van der Waals surface area contributed by atoms with Crippen LogP contribution in [0.5, 0.6) is 0 Å². The third-order valence-corrected chi connectivity index (χ3v) is 6.26. The molecule has 0 unspecified atom stereocenters. The van der Waals surface area contributed by atoms with Gasteiger partial charge in [0.2, 0.25) is 0 Å². The van der Waals surface area contributed by atoms with Crippen LogP contribution >= 0.6 is 0 Å². The van der Waals surface area contributed by atoms with E-state index in [0.29, 0.717) is 0 Å². The number of halogens is 2. The monoisotopic (exact) mass is 218 g/mol. The Kier molecular flexibility index (Phi) is 2.22. The number of rotatable bonds is 0. The van der Waals surface area contributed by atoms with E-state index in [-0.39, 0.29) is 0 Å². The molecule has 0 bridgehead atoms. The minimum atomic E-state index is -2.65. The van der Waals surface area contributed by atoms with Gasteiger partial charge in [0.15, 0.2) is 0 Å². The Morgan fingerprint density at radius 1 is 0.467 bits per heavy atom. The molecule has 0 aromatic carbocycles. The molecule has 1 fully saturated rings. The lowest BCUT2D eigenvalue weighted by Gasteiger charge is -2.45. The predicted molar refractivity (Wildman–Crippen MR) is 60.1 cm³/mol. The zero-order valence-electron chi connectivity index (χ0n) is 11.3. The minimum Gasteiger partial charge on any atom is -0.206 e. The van der Waals surface area contributed by atoms with Crippen molar-refractivity contribution in [3.8, 4) is 0 Å². The molecule has 0 amide bonds. The van der Waals surface area contributed by atoms with Crippen LogP contribution in [-0.4, -0.2) is 5.92 Å². The van der Waals surface area contributed by atoms with Gasteiger partial charge in [-0.15, -0.1) is 0 Å². The molecule has 0 heterocycles. The van der Waals surface area contributed by atoms with Crippen LogP contribution in [0.3, 0.4) is 0 Å². The molecule has 0 aromatic heterocycles. The van der Waals surface area contributed by atoms with Crippen LogP contribution < -0.4 is 0 Å². The normalized spacial score (nSPS) is 34.0. The van der Waals surface area contributed by atoms with Gasteiger partial charge in [0.05, 0.1) is 0 Å². The standard InChI is InChI=1S/C13H24F2/c1-9(2)10(3,4)12(7,8)13(14,15)11(9,5)6/h1-8H3. The fourth-order valence-electron chi connectivity index (χ4n) is 3.13. The third kappa shape index (κ3) is 0.969. The summed E-state index contributed by atoms with van der Waals surface area (Å²) in [4.78, 5) is 0. The molecule has 0 aliphatic heterocycles. The Bertz CT molecular complexity index is 193. The van der Waals surface area contributed by atoms with Gasteiger partial charge in [-0.25, -0.2) is 8.78 Å². The van der Waals surface area contributed by atoms with Gasteiger partial charge in [-0.05, 0) is 10.8 Å². The van der Waals surface area contributed by atoms with E-state index in [9.17, 15) is 8.78 Å². The second kappa shape index (κ2) is 2.57. The molecular formula is C13H24F2. The van der Waals surface area contributed by atoms with E-state index in [0.717, 1.165) is 0 Å². The van der Waals surface area contributed by atoms with Gasteiger partial charge >= 0.3 is 0 Å². The summed E-state index contributed by atoms with van der Waals surface area (Å²) in [7, 11) is 0. The van der Waals surface area contributed by atoms with Crippen LogP contribution in [0.25, 0.3) is 0 Å². The highest BCUT2D eigenvalue weighted by Crippen LogP contribution is 2.76. The Labute approximate surface area is 92.4 Å². The molecule has 0 radical (unpaired) electrons. The summed E-state index contributed by atoms with van der Waals surface area (Å²) < 4.78 is 29.0. The molecule has 15 heavy (non-hydrogen) atoms. The van der Waals surface area contributed by atoms with Crippen molar-refractivity contribution in [1.29, 1.82) is 0 Å². The van der Waals surface area contributed by atoms with Gasteiger partial charge in [0, 0.05) is 10.8 Å². The summed E-state index contributed by atoms with van der Waals surface area (Å²) in [6.07, 6.45) is 0. The Balaban J connectivity index is 3.55. The average molecular weight is 218 g/mol. The second-order valence-electron chi connectivity index (χ2n) is 7.07. The van der Waals surface area contributed by atoms with Crippen LogP contribution in [0, 0.1) is 21.7 Å². The molecule has 0 aromatic rings. The fraction of sp³-hybridized carbons (Fsp3) is 1.00. The molecule has 0 N–H and O–H groups in total. The van der Waals surface area contributed by atoms with Crippen molar-refractivity contribution in [3.63, 3.8) is 0 Å². The highest BCUT2D eigenvalue weighted by Gasteiger charge is 2.77. The van der Waals surface area contributed by atoms with Crippen molar-refractivity contribution < 1.29 is 8.78 Å². The maximum absolute atomic E-state index is 14.5. The van der Waals surface area contributed by atoms with Crippen LogP contribution in [-0.2, 0) is 0 Å². The molecule has 90 valence electrons. The molecule has 2 heteroatoms. The smallest absolute Gasteiger partial charge is 0.206 e. The lowest BCUT2D eigenvalue weighted by atomic mass is 9.57. The highest BCUT2D eigenvalue weighted by molar-refractivity contribution is 5.19. The minimum absolute atomic E-state index is 0.396. The molecule has 1 aliphatic carbocycles.